The molecule has 0 aromatic rings. The summed E-state index contributed by atoms with van der Waals surface area (Å²) < 4.78 is 0. The van der Waals surface area contributed by atoms with Gasteiger partial charge in [0, 0.05) is 0 Å². The van der Waals surface area contributed by atoms with Crippen LogP contribution in [0.5, 0.6) is 0 Å². The van der Waals surface area contributed by atoms with E-state index in [0.717, 1.165) is 0 Å². The van der Waals surface area contributed by atoms with Gasteiger partial charge < -0.3 is 0 Å². The highest BCUT2D eigenvalue weighted by Gasteiger charge is 2.03. The smallest absolute Gasteiger partial charge is 0.103 e. The summed E-state index contributed by atoms with van der Waals surface area (Å²) in [5, 5.41) is 0. The van der Waals surface area contributed by atoms with E-state index < -0.39 is 0 Å². The summed E-state index contributed by atoms with van der Waals surface area (Å²) >= 11 is 0. The van der Waals surface area contributed by atoms with Gasteiger partial charge in [0.05, 0.1) is 0 Å². The summed E-state index contributed by atoms with van der Waals surface area (Å²) in [6.07, 6.45) is 0. The van der Waals surface area contributed by atoms with E-state index in [1.165, 1.54) is 11.1 Å². The zero-order valence-electron chi connectivity index (χ0n) is 5.23. The van der Waals surface area contributed by atoms with Crippen LogP contribution in [0, 0.1) is 0 Å². The standard InChI is InChI=1S/C6H10O2/c1-5-3-7-8-4-6(5)2/h3-4H2,1-2H3. The van der Waals surface area contributed by atoms with Gasteiger partial charge in [-0.3, -0.25) is 0 Å². The van der Waals surface area contributed by atoms with Crippen LogP contribution in [0.4, 0.5) is 0 Å². The lowest BCUT2D eigenvalue weighted by atomic mass is 10.2. The van der Waals surface area contributed by atoms with Gasteiger partial charge in [-0.15, -0.1) is 0 Å². The molecule has 0 N–H and O–H groups in total. The Hall–Kier alpha value is -0.340. The molecule has 0 unspecified atom stereocenters. The highest BCUT2D eigenvalue weighted by atomic mass is 17.2. The summed E-state index contributed by atoms with van der Waals surface area (Å²) in [6, 6.07) is 0. The molecule has 0 radical (unpaired) electrons. The van der Waals surface area contributed by atoms with Crippen molar-refractivity contribution in [3.63, 3.8) is 0 Å². The quantitative estimate of drug-likeness (QED) is 0.349. The molecule has 0 saturated heterocycles. The Bertz CT molecular complexity index is 102. The second-order valence-corrected chi connectivity index (χ2v) is 2.09. The highest BCUT2D eigenvalue weighted by molar-refractivity contribution is 5.10. The molecule has 1 aliphatic rings. The van der Waals surface area contributed by atoms with Crippen LogP contribution in [0.15, 0.2) is 11.1 Å². The molecule has 0 aromatic carbocycles. The molecule has 1 aliphatic heterocycles. The van der Waals surface area contributed by atoms with Crippen LogP contribution in [0.2, 0.25) is 0 Å². The van der Waals surface area contributed by atoms with Crippen LogP contribution in [0.25, 0.3) is 0 Å². The molecule has 1 heterocycles. The molecule has 0 amide bonds. The molecular weight excluding hydrogens is 104 g/mol. The van der Waals surface area contributed by atoms with Crippen molar-refractivity contribution in [1.29, 1.82) is 0 Å². The monoisotopic (exact) mass is 114 g/mol. The van der Waals surface area contributed by atoms with Crippen molar-refractivity contribution in [3.05, 3.63) is 11.1 Å². The largest absolute Gasteiger partial charge is 0.232 e. The second kappa shape index (κ2) is 2.29. The second-order valence-electron chi connectivity index (χ2n) is 2.09. The molecule has 2 heteroatoms. The van der Waals surface area contributed by atoms with Crippen molar-refractivity contribution in [2.45, 2.75) is 13.8 Å². The van der Waals surface area contributed by atoms with Gasteiger partial charge in [-0.2, -0.15) is 0 Å². The maximum Gasteiger partial charge on any atom is 0.103 e. The lowest BCUT2D eigenvalue weighted by Gasteiger charge is -2.13. The molecule has 0 fully saturated rings. The molecule has 1 rings (SSSR count). The van der Waals surface area contributed by atoms with E-state index in [4.69, 9.17) is 9.78 Å². The van der Waals surface area contributed by atoms with Crippen LogP contribution >= 0.6 is 0 Å². The Kier molecular flexibility index (Phi) is 1.65. The SMILES string of the molecule is CC1=C(C)COOC1. The van der Waals surface area contributed by atoms with Crippen molar-refractivity contribution in [3.8, 4) is 0 Å². The molecule has 0 spiro atoms. The number of hydrogen-bond donors (Lipinski definition) is 0. The van der Waals surface area contributed by atoms with E-state index >= 15 is 0 Å². The Balaban J connectivity index is 2.60. The molecule has 0 aliphatic carbocycles. The average molecular weight is 114 g/mol. The highest BCUT2D eigenvalue weighted by Crippen LogP contribution is 2.09. The molecule has 0 atom stereocenters. The molecule has 0 bridgehead atoms. The molecular formula is C6H10O2. The summed E-state index contributed by atoms with van der Waals surface area (Å²) in [4.78, 5) is 9.39. The first kappa shape index (κ1) is 5.79. The summed E-state index contributed by atoms with van der Waals surface area (Å²) in [5.41, 5.74) is 2.58. The Morgan fingerprint density at radius 2 is 1.38 bits per heavy atom. The van der Waals surface area contributed by atoms with Gasteiger partial charge in [0.1, 0.15) is 13.2 Å². The van der Waals surface area contributed by atoms with E-state index in [9.17, 15) is 0 Å². The van der Waals surface area contributed by atoms with Crippen LogP contribution in [0.1, 0.15) is 13.8 Å². The molecule has 2 nitrogen and oxygen atoms in total. The lowest BCUT2D eigenvalue weighted by Crippen LogP contribution is -2.09. The topological polar surface area (TPSA) is 18.5 Å². The summed E-state index contributed by atoms with van der Waals surface area (Å²) in [7, 11) is 0. The van der Waals surface area contributed by atoms with E-state index in [2.05, 4.69) is 13.8 Å². The van der Waals surface area contributed by atoms with Gasteiger partial charge >= 0.3 is 0 Å². The van der Waals surface area contributed by atoms with Gasteiger partial charge in [-0.05, 0) is 25.0 Å². The van der Waals surface area contributed by atoms with Gasteiger partial charge in [-0.25, -0.2) is 9.78 Å². The van der Waals surface area contributed by atoms with E-state index in [1.807, 2.05) is 0 Å². The fourth-order valence-electron chi connectivity index (χ4n) is 0.507. The fraction of sp³-hybridized carbons (Fsp3) is 0.667. The maximum atomic E-state index is 4.69. The fourth-order valence-corrected chi connectivity index (χ4v) is 0.507. The Morgan fingerprint density at radius 1 is 1.00 bits per heavy atom. The average Bonchev–Trinajstić information content (AvgIpc) is 1.77. The van der Waals surface area contributed by atoms with Crippen LogP contribution in [-0.2, 0) is 9.78 Å². The summed E-state index contributed by atoms with van der Waals surface area (Å²) in [6.45, 7) is 5.37. The molecule has 8 heavy (non-hydrogen) atoms. The number of hydrogen-bond acceptors (Lipinski definition) is 2. The van der Waals surface area contributed by atoms with Gasteiger partial charge in [-0.1, -0.05) is 0 Å². The minimum absolute atomic E-state index is 0.631. The van der Waals surface area contributed by atoms with Crippen molar-refractivity contribution >= 4 is 0 Å². The van der Waals surface area contributed by atoms with Gasteiger partial charge in [0.2, 0.25) is 0 Å². The van der Waals surface area contributed by atoms with Crippen LogP contribution in [0.3, 0.4) is 0 Å². The van der Waals surface area contributed by atoms with E-state index in [-0.39, 0.29) is 0 Å². The van der Waals surface area contributed by atoms with E-state index in [1.54, 1.807) is 0 Å². The number of rotatable bonds is 0. The third-order valence-corrected chi connectivity index (χ3v) is 1.36. The lowest BCUT2D eigenvalue weighted by molar-refractivity contribution is -0.288. The summed E-state index contributed by atoms with van der Waals surface area (Å²) in [5.74, 6) is 0. The van der Waals surface area contributed by atoms with Crippen molar-refractivity contribution in [1.82, 2.24) is 0 Å². The third-order valence-electron chi connectivity index (χ3n) is 1.36. The zero-order valence-corrected chi connectivity index (χ0v) is 5.23. The van der Waals surface area contributed by atoms with Gasteiger partial charge in [0.15, 0.2) is 0 Å². The minimum atomic E-state index is 0.631. The molecule has 46 valence electrons. The van der Waals surface area contributed by atoms with Crippen molar-refractivity contribution in [2.24, 2.45) is 0 Å². The first-order valence-corrected chi connectivity index (χ1v) is 2.70. The zero-order chi connectivity index (χ0) is 5.98. The Labute approximate surface area is 49.0 Å². The van der Waals surface area contributed by atoms with Crippen molar-refractivity contribution in [2.75, 3.05) is 13.2 Å². The van der Waals surface area contributed by atoms with Crippen molar-refractivity contribution < 1.29 is 9.78 Å². The Morgan fingerprint density at radius 3 is 1.62 bits per heavy atom. The predicted octanol–water partition coefficient (Wildman–Crippen LogP) is 1.28. The first-order chi connectivity index (χ1) is 3.80. The molecule has 0 aromatic heterocycles. The van der Waals surface area contributed by atoms with Crippen LogP contribution in [-0.4, -0.2) is 13.2 Å². The van der Waals surface area contributed by atoms with Crippen LogP contribution < -0.4 is 0 Å². The maximum absolute atomic E-state index is 4.69. The van der Waals surface area contributed by atoms with Gasteiger partial charge in [0.25, 0.3) is 0 Å². The van der Waals surface area contributed by atoms with E-state index in [0.29, 0.717) is 13.2 Å². The normalized spacial score (nSPS) is 21.8. The molecule has 0 saturated carbocycles. The minimum Gasteiger partial charge on any atom is -0.232 e. The predicted molar refractivity (Wildman–Crippen MR) is 30.3 cm³/mol. The first-order valence-electron chi connectivity index (χ1n) is 2.70. The third kappa shape index (κ3) is 1.08.